The quantitative estimate of drug-likeness (QED) is 0.866. The summed E-state index contributed by atoms with van der Waals surface area (Å²) in [5.74, 6) is 1.52. The molecule has 4 heteroatoms. The fourth-order valence-electron chi connectivity index (χ4n) is 2.66. The number of rotatable bonds is 5. The van der Waals surface area contributed by atoms with Gasteiger partial charge in [0, 0.05) is 25.0 Å². The maximum Gasteiger partial charge on any atom is 0.225 e. The third-order valence-corrected chi connectivity index (χ3v) is 3.47. The molecule has 0 bridgehead atoms. The lowest BCUT2D eigenvalue weighted by atomic mass is 10.1. The first-order valence-electron chi connectivity index (χ1n) is 6.98. The molecule has 1 fully saturated rings. The van der Waals surface area contributed by atoms with E-state index >= 15 is 0 Å². The summed E-state index contributed by atoms with van der Waals surface area (Å²) in [5.41, 5.74) is 6.89. The molecular weight excluding hydrogens is 224 g/mol. The van der Waals surface area contributed by atoms with Gasteiger partial charge in [0.2, 0.25) is 5.95 Å². The van der Waals surface area contributed by atoms with E-state index in [-0.39, 0.29) is 0 Å². The third kappa shape index (κ3) is 3.19. The molecule has 100 valence electrons. The number of anilines is 1. The molecule has 0 radical (unpaired) electrons. The van der Waals surface area contributed by atoms with Crippen LogP contribution in [0.4, 0.5) is 5.95 Å². The molecule has 4 nitrogen and oxygen atoms in total. The predicted octanol–water partition coefficient (Wildman–Crippen LogP) is 1.99. The molecule has 0 aliphatic carbocycles. The van der Waals surface area contributed by atoms with Crippen LogP contribution in [0.15, 0.2) is 12.4 Å². The molecule has 1 aromatic rings. The molecule has 18 heavy (non-hydrogen) atoms. The van der Waals surface area contributed by atoms with Crippen molar-refractivity contribution in [2.45, 2.75) is 45.6 Å². The van der Waals surface area contributed by atoms with Gasteiger partial charge in [-0.05, 0) is 43.7 Å². The molecule has 1 aromatic heterocycles. The van der Waals surface area contributed by atoms with E-state index in [4.69, 9.17) is 5.73 Å². The van der Waals surface area contributed by atoms with Crippen LogP contribution in [0.5, 0.6) is 0 Å². The Morgan fingerprint density at radius 1 is 1.39 bits per heavy atom. The van der Waals surface area contributed by atoms with Crippen LogP contribution in [-0.4, -0.2) is 29.1 Å². The molecule has 1 aliphatic heterocycles. The van der Waals surface area contributed by atoms with Crippen molar-refractivity contribution in [3.63, 3.8) is 0 Å². The van der Waals surface area contributed by atoms with Crippen molar-refractivity contribution >= 4 is 5.95 Å². The van der Waals surface area contributed by atoms with Gasteiger partial charge in [0.15, 0.2) is 0 Å². The van der Waals surface area contributed by atoms with Gasteiger partial charge in [-0.3, -0.25) is 0 Å². The number of nitrogens with two attached hydrogens (primary N) is 1. The standard InChI is InChI=1S/C14H24N4/c1-11(2)8-12-9-16-14(17-10-12)18-7-3-4-13(18)5-6-15/h9-11,13H,3-8,15H2,1-2H3. The van der Waals surface area contributed by atoms with E-state index < -0.39 is 0 Å². The summed E-state index contributed by atoms with van der Waals surface area (Å²) in [6.07, 6.45) is 8.47. The van der Waals surface area contributed by atoms with Crippen LogP contribution in [0, 0.1) is 5.92 Å². The number of nitrogens with zero attached hydrogens (tertiary/aromatic N) is 3. The lowest BCUT2D eigenvalue weighted by Gasteiger charge is -2.24. The summed E-state index contributed by atoms with van der Waals surface area (Å²) in [7, 11) is 0. The van der Waals surface area contributed by atoms with Crippen LogP contribution in [0.3, 0.4) is 0 Å². The molecule has 1 saturated heterocycles. The highest BCUT2D eigenvalue weighted by molar-refractivity contribution is 5.33. The number of aromatic nitrogens is 2. The van der Waals surface area contributed by atoms with Crippen LogP contribution < -0.4 is 10.6 Å². The van der Waals surface area contributed by atoms with Crippen molar-refractivity contribution in [2.75, 3.05) is 18.0 Å². The van der Waals surface area contributed by atoms with Gasteiger partial charge in [-0.15, -0.1) is 0 Å². The molecule has 0 saturated carbocycles. The predicted molar refractivity (Wildman–Crippen MR) is 74.6 cm³/mol. The van der Waals surface area contributed by atoms with Crippen molar-refractivity contribution in [1.29, 1.82) is 0 Å². The molecule has 1 aliphatic rings. The highest BCUT2D eigenvalue weighted by Gasteiger charge is 2.25. The molecule has 0 aromatic carbocycles. The molecule has 2 rings (SSSR count). The van der Waals surface area contributed by atoms with Crippen molar-refractivity contribution in [3.8, 4) is 0 Å². The van der Waals surface area contributed by atoms with Gasteiger partial charge in [0.1, 0.15) is 0 Å². The fourth-order valence-corrected chi connectivity index (χ4v) is 2.66. The summed E-state index contributed by atoms with van der Waals surface area (Å²) in [6, 6.07) is 0.533. The van der Waals surface area contributed by atoms with E-state index in [0.29, 0.717) is 12.0 Å². The van der Waals surface area contributed by atoms with Gasteiger partial charge < -0.3 is 10.6 Å². The summed E-state index contributed by atoms with van der Waals surface area (Å²) >= 11 is 0. The van der Waals surface area contributed by atoms with Crippen LogP contribution in [0.25, 0.3) is 0 Å². The molecule has 2 heterocycles. The average Bonchev–Trinajstić information content (AvgIpc) is 2.78. The van der Waals surface area contributed by atoms with Gasteiger partial charge in [-0.2, -0.15) is 0 Å². The second-order valence-electron chi connectivity index (χ2n) is 5.56. The van der Waals surface area contributed by atoms with Gasteiger partial charge in [-0.1, -0.05) is 13.8 Å². The van der Waals surface area contributed by atoms with Crippen LogP contribution >= 0.6 is 0 Å². The van der Waals surface area contributed by atoms with E-state index in [1.807, 2.05) is 12.4 Å². The van der Waals surface area contributed by atoms with E-state index in [1.54, 1.807) is 0 Å². The maximum absolute atomic E-state index is 5.66. The van der Waals surface area contributed by atoms with Gasteiger partial charge in [0.05, 0.1) is 0 Å². The Kier molecular flexibility index (Phi) is 4.53. The first kappa shape index (κ1) is 13.3. The van der Waals surface area contributed by atoms with Crippen molar-refractivity contribution in [3.05, 3.63) is 18.0 Å². The normalized spacial score (nSPS) is 19.8. The molecule has 0 amide bonds. The Balaban J connectivity index is 2.04. The maximum atomic E-state index is 5.66. The Morgan fingerprint density at radius 3 is 2.72 bits per heavy atom. The second kappa shape index (κ2) is 6.14. The van der Waals surface area contributed by atoms with E-state index in [0.717, 1.165) is 31.9 Å². The van der Waals surface area contributed by atoms with Crippen molar-refractivity contribution in [1.82, 2.24) is 9.97 Å². The van der Waals surface area contributed by atoms with Crippen LogP contribution in [0.1, 0.15) is 38.7 Å². The smallest absolute Gasteiger partial charge is 0.225 e. The Morgan fingerprint density at radius 2 is 2.11 bits per heavy atom. The third-order valence-electron chi connectivity index (χ3n) is 3.47. The highest BCUT2D eigenvalue weighted by Crippen LogP contribution is 2.24. The zero-order valence-electron chi connectivity index (χ0n) is 11.5. The van der Waals surface area contributed by atoms with E-state index in [2.05, 4.69) is 28.7 Å². The first-order valence-corrected chi connectivity index (χ1v) is 6.98. The highest BCUT2D eigenvalue weighted by atomic mass is 15.3. The molecule has 2 N–H and O–H groups in total. The Bertz CT molecular complexity index is 361. The first-order chi connectivity index (χ1) is 8.70. The summed E-state index contributed by atoms with van der Waals surface area (Å²) in [4.78, 5) is 11.4. The average molecular weight is 248 g/mol. The van der Waals surface area contributed by atoms with Gasteiger partial charge in [0.25, 0.3) is 0 Å². The zero-order chi connectivity index (χ0) is 13.0. The van der Waals surface area contributed by atoms with Crippen LogP contribution in [0.2, 0.25) is 0 Å². The minimum atomic E-state index is 0.533. The summed E-state index contributed by atoms with van der Waals surface area (Å²) in [6.45, 7) is 6.23. The lowest BCUT2D eigenvalue weighted by Crippen LogP contribution is -2.32. The van der Waals surface area contributed by atoms with Crippen molar-refractivity contribution in [2.24, 2.45) is 11.7 Å². The topological polar surface area (TPSA) is 55.0 Å². The number of hydrogen-bond acceptors (Lipinski definition) is 4. The largest absolute Gasteiger partial charge is 0.338 e. The van der Waals surface area contributed by atoms with E-state index in [1.165, 1.54) is 18.4 Å². The minimum absolute atomic E-state index is 0.533. The van der Waals surface area contributed by atoms with Crippen LogP contribution in [-0.2, 0) is 6.42 Å². The SMILES string of the molecule is CC(C)Cc1cnc(N2CCCC2CCN)nc1. The Hall–Kier alpha value is -1.16. The fraction of sp³-hybridized carbons (Fsp3) is 0.714. The summed E-state index contributed by atoms with van der Waals surface area (Å²) < 4.78 is 0. The molecule has 1 unspecified atom stereocenters. The van der Waals surface area contributed by atoms with Gasteiger partial charge >= 0.3 is 0 Å². The molecular formula is C14H24N4. The van der Waals surface area contributed by atoms with E-state index in [9.17, 15) is 0 Å². The summed E-state index contributed by atoms with van der Waals surface area (Å²) in [5, 5.41) is 0. The zero-order valence-corrected chi connectivity index (χ0v) is 11.5. The molecule has 1 atom stereocenters. The van der Waals surface area contributed by atoms with Crippen molar-refractivity contribution < 1.29 is 0 Å². The number of hydrogen-bond donors (Lipinski definition) is 1. The lowest BCUT2D eigenvalue weighted by molar-refractivity contribution is 0.607. The van der Waals surface area contributed by atoms with Gasteiger partial charge in [-0.25, -0.2) is 9.97 Å². The Labute approximate surface area is 110 Å². The second-order valence-corrected chi connectivity index (χ2v) is 5.56. The monoisotopic (exact) mass is 248 g/mol. The molecule has 0 spiro atoms. The minimum Gasteiger partial charge on any atom is -0.338 e.